The first-order valence-corrected chi connectivity index (χ1v) is 10.7. The number of anilines is 1. The summed E-state index contributed by atoms with van der Waals surface area (Å²) in [5, 5.41) is 9.30. The number of benzene rings is 2. The number of thioether (sulfide) groups is 1. The van der Waals surface area contributed by atoms with E-state index < -0.39 is 0 Å². The third-order valence-corrected chi connectivity index (χ3v) is 5.85. The summed E-state index contributed by atoms with van der Waals surface area (Å²) in [7, 11) is 0. The molecular weight excluding hydrogens is 406 g/mol. The smallest absolute Gasteiger partial charge is 0.252 e. The van der Waals surface area contributed by atoms with Gasteiger partial charge in [-0.25, -0.2) is 0 Å². The SMILES string of the molecule is Cc1ccc(NC(=O)CSc2ccccc2C(=O)NCC2CCCNC2)cc1.Cl. The van der Waals surface area contributed by atoms with Gasteiger partial charge in [-0.15, -0.1) is 24.2 Å². The highest BCUT2D eigenvalue weighted by atomic mass is 35.5. The minimum atomic E-state index is -0.0858. The fraction of sp³-hybridized carbons (Fsp3) is 0.364. The first kappa shape index (κ1) is 23.3. The molecule has 1 fully saturated rings. The standard InChI is InChI=1S/C22H27N3O2S.ClH/c1-16-8-10-18(11-9-16)25-21(26)15-28-20-7-3-2-6-19(20)22(27)24-14-17-5-4-12-23-13-17;/h2-3,6-11,17,23H,4-5,12-15H2,1H3,(H,24,27)(H,25,26);1H. The van der Waals surface area contributed by atoms with E-state index in [1.807, 2.05) is 55.5 Å². The van der Waals surface area contributed by atoms with Crippen molar-refractivity contribution in [2.75, 3.05) is 30.7 Å². The van der Waals surface area contributed by atoms with E-state index in [0.29, 0.717) is 18.0 Å². The van der Waals surface area contributed by atoms with Crippen molar-refractivity contribution in [3.8, 4) is 0 Å². The molecule has 3 rings (SSSR count). The number of nitrogens with one attached hydrogen (secondary N) is 3. The summed E-state index contributed by atoms with van der Waals surface area (Å²) in [6.07, 6.45) is 2.30. The van der Waals surface area contributed by atoms with Gasteiger partial charge in [-0.1, -0.05) is 29.8 Å². The fourth-order valence-corrected chi connectivity index (χ4v) is 4.04. The molecule has 2 amide bonds. The highest BCUT2D eigenvalue weighted by molar-refractivity contribution is 8.00. The average molecular weight is 434 g/mol. The summed E-state index contributed by atoms with van der Waals surface area (Å²) in [6, 6.07) is 15.2. The molecule has 2 aromatic carbocycles. The molecule has 1 saturated heterocycles. The van der Waals surface area contributed by atoms with E-state index in [9.17, 15) is 9.59 Å². The molecule has 1 atom stereocenters. The number of carbonyl (C=O) groups is 2. The molecule has 0 saturated carbocycles. The van der Waals surface area contributed by atoms with Crippen molar-refractivity contribution in [1.29, 1.82) is 0 Å². The lowest BCUT2D eigenvalue weighted by atomic mass is 10.00. The molecule has 0 aliphatic carbocycles. The summed E-state index contributed by atoms with van der Waals surface area (Å²) in [4.78, 5) is 25.7. The highest BCUT2D eigenvalue weighted by Crippen LogP contribution is 2.23. The van der Waals surface area contributed by atoms with E-state index >= 15 is 0 Å². The second kappa shape index (κ2) is 11.9. The number of hydrogen-bond donors (Lipinski definition) is 3. The van der Waals surface area contributed by atoms with Crippen LogP contribution in [0.25, 0.3) is 0 Å². The maximum Gasteiger partial charge on any atom is 0.252 e. The first-order chi connectivity index (χ1) is 13.6. The van der Waals surface area contributed by atoms with Crippen molar-refractivity contribution < 1.29 is 9.59 Å². The molecule has 0 bridgehead atoms. The van der Waals surface area contributed by atoms with E-state index in [2.05, 4.69) is 16.0 Å². The number of carbonyl (C=O) groups excluding carboxylic acids is 2. The van der Waals surface area contributed by atoms with Crippen LogP contribution in [0.4, 0.5) is 5.69 Å². The van der Waals surface area contributed by atoms with Crippen LogP contribution in [0.2, 0.25) is 0 Å². The average Bonchev–Trinajstić information content (AvgIpc) is 2.73. The van der Waals surface area contributed by atoms with Gasteiger partial charge in [-0.3, -0.25) is 9.59 Å². The Morgan fingerprint density at radius 1 is 1.14 bits per heavy atom. The fourth-order valence-electron chi connectivity index (χ4n) is 3.19. The van der Waals surface area contributed by atoms with Crippen LogP contribution in [0.3, 0.4) is 0 Å². The van der Waals surface area contributed by atoms with E-state index in [1.165, 1.54) is 11.8 Å². The van der Waals surface area contributed by atoms with E-state index in [4.69, 9.17) is 0 Å². The van der Waals surface area contributed by atoms with Crippen molar-refractivity contribution in [2.45, 2.75) is 24.7 Å². The lowest BCUT2D eigenvalue weighted by molar-refractivity contribution is -0.113. The Bertz CT molecular complexity index is 808. The number of piperidine rings is 1. The van der Waals surface area contributed by atoms with Gasteiger partial charge < -0.3 is 16.0 Å². The predicted octanol–water partition coefficient (Wildman–Crippen LogP) is 3.88. The number of amides is 2. The van der Waals surface area contributed by atoms with E-state index in [1.54, 1.807) is 0 Å². The molecule has 5 nitrogen and oxygen atoms in total. The molecule has 156 valence electrons. The van der Waals surface area contributed by atoms with Crippen LogP contribution < -0.4 is 16.0 Å². The third-order valence-electron chi connectivity index (χ3n) is 4.78. The second-order valence-corrected chi connectivity index (χ2v) is 8.14. The topological polar surface area (TPSA) is 70.2 Å². The molecule has 0 spiro atoms. The van der Waals surface area contributed by atoms with Crippen LogP contribution in [0.15, 0.2) is 53.4 Å². The monoisotopic (exact) mass is 433 g/mol. The maximum atomic E-state index is 12.6. The zero-order chi connectivity index (χ0) is 19.8. The van der Waals surface area contributed by atoms with Crippen LogP contribution in [0.1, 0.15) is 28.8 Å². The normalized spacial score (nSPS) is 15.8. The zero-order valence-electron chi connectivity index (χ0n) is 16.6. The van der Waals surface area contributed by atoms with E-state index in [0.717, 1.165) is 42.1 Å². The third kappa shape index (κ3) is 7.38. The molecular formula is C22H28ClN3O2S. The molecule has 2 aromatic rings. The summed E-state index contributed by atoms with van der Waals surface area (Å²) in [5.41, 5.74) is 2.55. The van der Waals surface area contributed by atoms with Crippen LogP contribution in [0, 0.1) is 12.8 Å². The molecule has 7 heteroatoms. The summed E-state index contributed by atoms with van der Waals surface area (Å²) >= 11 is 1.38. The number of halogens is 1. The minimum Gasteiger partial charge on any atom is -0.352 e. The number of hydrogen-bond acceptors (Lipinski definition) is 4. The summed E-state index contributed by atoms with van der Waals surface area (Å²) in [5.74, 6) is 0.577. The van der Waals surface area contributed by atoms with Gasteiger partial charge in [0, 0.05) is 17.1 Å². The van der Waals surface area contributed by atoms with Gasteiger partial charge in [-0.2, -0.15) is 0 Å². The quantitative estimate of drug-likeness (QED) is 0.579. The van der Waals surface area contributed by atoms with Gasteiger partial charge in [0.25, 0.3) is 5.91 Å². The second-order valence-electron chi connectivity index (χ2n) is 7.12. The lowest BCUT2D eigenvalue weighted by Crippen LogP contribution is -2.38. The van der Waals surface area contributed by atoms with Gasteiger partial charge in [0.05, 0.1) is 11.3 Å². The molecule has 29 heavy (non-hydrogen) atoms. The van der Waals surface area contributed by atoms with E-state index in [-0.39, 0.29) is 30.0 Å². The van der Waals surface area contributed by atoms with Crippen LogP contribution in [-0.4, -0.2) is 37.2 Å². The predicted molar refractivity (Wildman–Crippen MR) is 122 cm³/mol. The molecule has 1 aliphatic rings. The molecule has 1 aliphatic heterocycles. The Morgan fingerprint density at radius 2 is 1.90 bits per heavy atom. The summed E-state index contributed by atoms with van der Waals surface area (Å²) < 4.78 is 0. The maximum absolute atomic E-state index is 12.6. The van der Waals surface area contributed by atoms with Crippen LogP contribution in [-0.2, 0) is 4.79 Å². The Kier molecular flexibility index (Phi) is 9.51. The molecule has 1 heterocycles. The van der Waals surface area contributed by atoms with Crippen molar-refractivity contribution in [3.63, 3.8) is 0 Å². The Labute approximate surface area is 182 Å². The number of aryl methyl sites for hydroxylation is 1. The highest BCUT2D eigenvalue weighted by Gasteiger charge is 2.16. The molecule has 1 unspecified atom stereocenters. The molecule has 3 N–H and O–H groups in total. The lowest BCUT2D eigenvalue weighted by Gasteiger charge is -2.23. The zero-order valence-corrected chi connectivity index (χ0v) is 18.2. The molecule has 0 aromatic heterocycles. The largest absolute Gasteiger partial charge is 0.352 e. The number of rotatable bonds is 7. The van der Waals surface area contributed by atoms with Crippen LogP contribution >= 0.6 is 24.2 Å². The Morgan fingerprint density at radius 3 is 2.62 bits per heavy atom. The van der Waals surface area contributed by atoms with Crippen LogP contribution in [0.5, 0.6) is 0 Å². The van der Waals surface area contributed by atoms with Gasteiger partial charge in [0.1, 0.15) is 0 Å². The molecule has 0 radical (unpaired) electrons. The minimum absolute atomic E-state index is 0. The van der Waals surface area contributed by atoms with Gasteiger partial charge in [0.15, 0.2) is 0 Å². The van der Waals surface area contributed by atoms with Crippen molar-refractivity contribution in [2.24, 2.45) is 5.92 Å². The van der Waals surface area contributed by atoms with Gasteiger partial charge >= 0.3 is 0 Å². The Hall–Kier alpha value is -2.02. The van der Waals surface area contributed by atoms with Gasteiger partial charge in [0.2, 0.25) is 5.91 Å². The first-order valence-electron chi connectivity index (χ1n) is 9.69. The van der Waals surface area contributed by atoms with Crippen molar-refractivity contribution >= 4 is 41.7 Å². The van der Waals surface area contributed by atoms with Crippen molar-refractivity contribution in [3.05, 3.63) is 59.7 Å². The summed E-state index contributed by atoms with van der Waals surface area (Å²) in [6.45, 7) is 4.71. The van der Waals surface area contributed by atoms with Gasteiger partial charge in [-0.05, 0) is 63.0 Å². The Balaban J connectivity index is 0.00000300. The van der Waals surface area contributed by atoms with Crippen molar-refractivity contribution in [1.82, 2.24) is 10.6 Å².